The van der Waals surface area contributed by atoms with Gasteiger partial charge in [0.15, 0.2) is 0 Å². The number of carbonyl (C=O) groups excluding carboxylic acids is 2. The van der Waals surface area contributed by atoms with Gasteiger partial charge in [0.25, 0.3) is 0 Å². The summed E-state index contributed by atoms with van der Waals surface area (Å²) in [4.78, 5) is 23.6. The summed E-state index contributed by atoms with van der Waals surface area (Å²) in [6, 6.07) is 13.1. The minimum atomic E-state index is -3.33. The molecule has 3 amide bonds. The van der Waals surface area contributed by atoms with Crippen LogP contribution in [-0.2, 0) is 14.8 Å². The van der Waals surface area contributed by atoms with E-state index in [4.69, 9.17) is 0 Å². The van der Waals surface area contributed by atoms with Crippen molar-refractivity contribution in [1.82, 2.24) is 5.32 Å². The quantitative estimate of drug-likeness (QED) is 0.533. The molecular formula is C19H22N4O4S. The van der Waals surface area contributed by atoms with Gasteiger partial charge in [-0.05, 0) is 48.9 Å². The summed E-state index contributed by atoms with van der Waals surface area (Å²) in [5, 5.41) is 8.00. The molecule has 28 heavy (non-hydrogen) atoms. The van der Waals surface area contributed by atoms with Crippen LogP contribution in [0.3, 0.4) is 0 Å². The fourth-order valence-corrected chi connectivity index (χ4v) is 2.81. The van der Waals surface area contributed by atoms with E-state index in [9.17, 15) is 18.0 Å². The molecule has 0 aliphatic heterocycles. The van der Waals surface area contributed by atoms with Gasteiger partial charge in [0.2, 0.25) is 15.9 Å². The number of nitrogens with one attached hydrogen (secondary N) is 4. The van der Waals surface area contributed by atoms with Crippen molar-refractivity contribution in [1.29, 1.82) is 0 Å². The Morgan fingerprint density at radius 2 is 1.61 bits per heavy atom. The lowest BCUT2D eigenvalue weighted by molar-refractivity contribution is -0.111. The zero-order chi connectivity index (χ0) is 20.6. The zero-order valence-corrected chi connectivity index (χ0v) is 16.3. The lowest BCUT2D eigenvalue weighted by Crippen LogP contribution is -2.28. The number of benzene rings is 2. The smallest absolute Gasteiger partial charge is 0.319 e. The molecule has 0 atom stereocenters. The first-order valence-electron chi connectivity index (χ1n) is 8.47. The fourth-order valence-electron chi connectivity index (χ4n) is 2.24. The highest BCUT2D eigenvalue weighted by Crippen LogP contribution is 2.16. The maximum absolute atomic E-state index is 12.1. The van der Waals surface area contributed by atoms with Crippen molar-refractivity contribution < 1.29 is 18.0 Å². The van der Waals surface area contributed by atoms with Gasteiger partial charge in [0, 0.05) is 29.7 Å². The van der Waals surface area contributed by atoms with Crippen molar-refractivity contribution in [3.05, 3.63) is 60.2 Å². The van der Waals surface area contributed by atoms with Crippen LogP contribution >= 0.6 is 0 Å². The molecule has 9 heteroatoms. The average molecular weight is 402 g/mol. The minimum Gasteiger partial charge on any atom is -0.338 e. The second-order valence-electron chi connectivity index (χ2n) is 5.88. The van der Waals surface area contributed by atoms with Crippen molar-refractivity contribution in [2.24, 2.45) is 0 Å². The van der Waals surface area contributed by atoms with Crippen molar-refractivity contribution in [2.45, 2.75) is 6.92 Å². The molecule has 8 nitrogen and oxygen atoms in total. The maximum atomic E-state index is 12.1. The first-order valence-corrected chi connectivity index (χ1v) is 10.4. The van der Waals surface area contributed by atoms with Gasteiger partial charge in [-0.15, -0.1) is 0 Å². The van der Waals surface area contributed by atoms with Crippen molar-refractivity contribution in [2.75, 3.05) is 28.2 Å². The Morgan fingerprint density at radius 1 is 0.964 bits per heavy atom. The molecule has 0 unspecified atom stereocenters. The predicted octanol–water partition coefficient (Wildman–Crippen LogP) is 2.85. The van der Waals surface area contributed by atoms with E-state index < -0.39 is 10.0 Å². The van der Waals surface area contributed by atoms with Crippen LogP contribution in [0.1, 0.15) is 12.5 Å². The normalized spacial score (nSPS) is 11.1. The number of carbonyl (C=O) groups is 2. The SMILES string of the molecule is CCNC(=O)Nc1cccc(NC(=O)/C=C/c2ccc(NS(C)(=O)=O)cc2)c1. The maximum Gasteiger partial charge on any atom is 0.319 e. The lowest BCUT2D eigenvalue weighted by Gasteiger charge is -2.08. The summed E-state index contributed by atoms with van der Waals surface area (Å²) in [6.07, 6.45) is 4.05. The van der Waals surface area contributed by atoms with E-state index in [1.165, 1.54) is 6.08 Å². The summed E-state index contributed by atoms with van der Waals surface area (Å²) >= 11 is 0. The highest BCUT2D eigenvalue weighted by molar-refractivity contribution is 7.92. The molecule has 0 aliphatic carbocycles. The third kappa shape index (κ3) is 7.50. The standard InChI is InChI=1S/C19H22N4O4S/c1-3-20-19(25)22-17-6-4-5-16(13-17)21-18(24)12-9-14-7-10-15(11-8-14)23-28(2,26)27/h4-13,23H,3H2,1-2H3,(H,21,24)(H2,20,22,25)/b12-9+. The average Bonchev–Trinajstić information content (AvgIpc) is 2.60. The van der Waals surface area contributed by atoms with E-state index in [0.717, 1.165) is 11.8 Å². The molecule has 0 heterocycles. The third-order valence-corrected chi connectivity index (χ3v) is 3.97. The Labute approximate surface area is 164 Å². The van der Waals surface area contributed by atoms with Gasteiger partial charge in [0.05, 0.1) is 6.26 Å². The van der Waals surface area contributed by atoms with Crippen LogP contribution in [0.25, 0.3) is 6.08 Å². The summed E-state index contributed by atoms with van der Waals surface area (Å²) in [5.74, 6) is -0.339. The highest BCUT2D eigenvalue weighted by Gasteiger charge is 2.03. The van der Waals surface area contributed by atoms with Gasteiger partial charge in [-0.25, -0.2) is 13.2 Å². The number of hydrogen-bond donors (Lipinski definition) is 4. The van der Waals surface area contributed by atoms with Gasteiger partial charge in [-0.2, -0.15) is 0 Å². The Hall–Kier alpha value is -3.33. The summed E-state index contributed by atoms with van der Waals surface area (Å²) in [5.41, 5.74) is 2.28. The van der Waals surface area contributed by atoms with E-state index in [-0.39, 0.29) is 11.9 Å². The van der Waals surface area contributed by atoms with Gasteiger partial charge in [0.1, 0.15) is 0 Å². The monoisotopic (exact) mass is 402 g/mol. The Kier molecular flexibility index (Phi) is 7.16. The molecule has 0 aliphatic rings. The molecule has 0 spiro atoms. The minimum absolute atomic E-state index is 0.320. The molecule has 2 aromatic carbocycles. The Balaban J connectivity index is 1.95. The van der Waals surface area contributed by atoms with Crippen LogP contribution in [0, 0.1) is 0 Å². The number of urea groups is 1. The van der Waals surface area contributed by atoms with E-state index >= 15 is 0 Å². The van der Waals surface area contributed by atoms with Crippen LogP contribution < -0.4 is 20.7 Å². The molecular weight excluding hydrogens is 380 g/mol. The molecule has 2 aromatic rings. The number of hydrogen-bond acceptors (Lipinski definition) is 4. The van der Waals surface area contributed by atoms with Crippen LogP contribution in [-0.4, -0.2) is 33.2 Å². The van der Waals surface area contributed by atoms with Crippen molar-refractivity contribution in [3.8, 4) is 0 Å². The van der Waals surface area contributed by atoms with Crippen molar-refractivity contribution >= 4 is 45.1 Å². The predicted molar refractivity (Wildman–Crippen MR) is 112 cm³/mol. The third-order valence-electron chi connectivity index (χ3n) is 3.37. The molecule has 0 fully saturated rings. The summed E-state index contributed by atoms with van der Waals surface area (Å²) < 4.78 is 24.7. The van der Waals surface area contributed by atoms with Gasteiger partial charge in [-0.1, -0.05) is 18.2 Å². The second-order valence-corrected chi connectivity index (χ2v) is 7.63. The van der Waals surface area contributed by atoms with Crippen LogP contribution in [0.2, 0.25) is 0 Å². The molecule has 0 saturated carbocycles. The number of amides is 3. The Bertz CT molecular complexity index is 970. The first-order chi connectivity index (χ1) is 13.2. The van der Waals surface area contributed by atoms with Gasteiger partial charge < -0.3 is 16.0 Å². The molecule has 148 valence electrons. The van der Waals surface area contributed by atoms with E-state index in [2.05, 4.69) is 20.7 Å². The van der Waals surface area contributed by atoms with Crippen LogP contribution in [0.4, 0.5) is 21.9 Å². The van der Waals surface area contributed by atoms with Gasteiger partial charge >= 0.3 is 6.03 Å². The molecule has 0 bridgehead atoms. The molecule has 0 saturated heterocycles. The highest BCUT2D eigenvalue weighted by atomic mass is 32.2. The van der Waals surface area contributed by atoms with Crippen LogP contribution in [0.5, 0.6) is 0 Å². The largest absolute Gasteiger partial charge is 0.338 e. The Morgan fingerprint density at radius 3 is 2.21 bits per heavy atom. The van der Waals surface area contributed by atoms with Crippen molar-refractivity contribution in [3.63, 3.8) is 0 Å². The van der Waals surface area contributed by atoms with Gasteiger partial charge in [-0.3, -0.25) is 9.52 Å². The molecule has 2 rings (SSSR count). The molecule has 0 aromatic heterocycles. The number of anilines is 3. The number of rotatable bonds is 7. The fraction of sp³-hybridized carbons (Fsp3) is 0.158. The van der Waals surface area contributed by atoms with E-state index in [1.54, 1.807) is 54.6 Å². The van der Waals surface area contributed by atoms with E-state index in [1.807, 2.05) is 6.92 Å². The first kappa shape index (κ1) is 21.0. The summed E-state index contributed by atoms with van der Waals surface area (Å²) in [6.45, 7) is 2.33. The molecule has 0 radical (unpaired) electrons. The zero-order valence-electron chi connectivity index (χ0n) is 15.5. The summed E-state index contributed by atoms with van der Waals surface area (Å²) in [7, 11) is -3.33. The lowest BCUT2D eigenvalue weighted by atomic mass is 10.2. The van der Waals surface area contributed by atoms with E-state index in [0.29, 0.717) is 23.6 Å². The number of sulfonamides is 1. The second kappa shape index (κ2) is 9.56. The molecule has 4 N–H and O–H groups in total. The van der Waals surface area contributed by atoms with Crippen LogP contribution in [0.15, 0.2) is 54.6 Å². The topological polar surface area (TPSA) is 116 Å².